The van der Waals surface area contributed by atoms with Crippen LogP contribution < -0.4 is 10.3 Å². The number of methoxy groups -OCH3 is 1. The molecule has 0 radical (unpaired) electrons. The van der Waals surface area contributed by atoms with Crippen LogP contribution in [0.15, 0.2) is 53.3 Å². The minimum absolute atomic E-state index is 0.189. The van der Waals surface area contributed by atoms with Crippen LogP contribution in [0.5, 0.6) is 11.5 Å². The molecule has 1 fully saturated rings. The van der Waals surface area contributed by atoms with Crippen molar-refractivity contribution in [2.75, 3.05) is 20.2 Å². The summed E-state index contributed by atoms with van der Waals surface area (Å²) in [6, 6.07) is 15.7. The van der Waals surface area contributed by atoms with E-state index in [2.05, 4.69) is 24.0 Å². The fourth-order valence-electron chi connectivity index (χ4n) is 4.76. The van der Waals surface area contributed by atoms with Gasteiger partial charge in [-0.25, -0.2) is 0 Å². The normalized spacial score (nSPS) is 15.5. The lowest BCUT2D eigenvalue weighted by atomic mass is 9.94. The van der Waals surface area contributed by atoms with Crippen molar-refractivity contribution in [3.05, 3.63) is 81.3 Å². The monoisotopic (exact) mass is 460 g/mol. The number of rotatable bonds is 7. The summed E-state index contributed by atoms with van der Waals surface area (Å²) in [6.07, 6.45) is 3.21. The molecular formula is C28H32N2O4. The van der Waals surface area contributed by atoms with Gasteiger partial charge < -0.3 is 19.7 Å². The highest BCUT2D eigenvalue weighted by molar-refractivity contribution is 5.99. The molecule has 2 N–H and O–H groups in total. The van der Waals surface area contributed by atoms with Crippen molar-refractivity contribution >= 4 is 5.91 Å². The summed E-state index contributed by atoms with van der Waals surface area (Å²) >= 11 is 0. The van der Waals surface area contributed by atoms with Crippen LogP contribution in [0.3, 0.4) is 0 Å². The maximum Gasteiger partial charge on any atom is 0.264 e. The summed E-state index contributed by atoms with van der Waals surface area (Å²) in [5, 5.41) is 11.4. The van der Waals surface area contributed by atoms with Crippen molar-refractivity contribution in [3.8, 4) is 22.6 Å². The van der Waals surface area contributed by atoms with Gasteiger partial charge in [0.15, 0.2) is 0 Å². The van der Waals surface area contributed by atoms with Gasteiger partial charge in [0.1, 0.15) is 17.1 Å². The third-order valence-electron chi connectivity index (χ3n) is 6.72. The maximum atomic E-state index is 13.5. The van der Waals surface area contributed by atoms with Crippen LogP contribution in [0.25, 0.3) is 11.1 Å². The minimum atomic E-state index is -0.541. The van der Waals surface area contributed by atoms with E-state index in [4.69, 9.17) is 4.74 Å². The van der Waals surface area contributed by atoms with Gasteiger partial charge >= 0.3 is 0 Å². The molecule has 3 aromatic rings. The van der Waals surface area contributed by atoms with E-state index < -0.39 is 11.5 Å². The highest BCUT2D eigenvalue weighted by Crippen LogP contribution is 2.38. The molecule has 1 aliphatic heterocycles. The Morgan fingerprint density at radius 1 is 1.21 bits per heavy atom. The molecule has 0 spiro atoms. The molecule has 178 valence electrons. The highest BCUT2D eigenvalue weighted by atomic mass is 16.5. The molecule has 1 saturated heterocycles. The smallest absolute Gasteiger partial charge is 0.264 e. The number of carbonyl (C=O) groups excluding carboxylic acids is 1. The van der Waals surface area contributed by atoms with Gasteiger partial charge in [0, 0.05) is 30.3 Å². The number of ether oxygens (including phenoxy) is 1. The molecule has 0 unspecified atom stereocenters. The van der Waals surface area contributed by atoms with E-state index in [0.717, 1.165) is 30.4 Å². The Labute approximate surface area is 200 Å². The molecule has 1 atom stereocenters. The van der Waals surface area contributed by atoms with Gasteiger partial charge in [-0.2, -0.15) is 0 Å². The number of aromatic amines is 1. The van der Waals surface area contributed by atoms with Crippen LogP contribution in [-0.2, 0) is 6.42 Å². The number of benzene rings is 2. The number of nitrogens with one attached hydrogen (secondary N) is 1. The number of carbonyl (C=O) groups is 1. The van der Waals surface area contributed by atoms with E-state index in [1.54, 1.807) is 12.0 Å². The Balaban J connectivity index is 1.76. The first-order chi connectivity index (χ1) is 16.4. The van der Waals surface area contributed by atoms with Gasteiger partial charge in [-0.15, -0.1) is 0 Å². The third kappa shape index (κ3) is 4.58. The minimum Gasteiger partial charge on any atom is -0.506 e. The summed E-state index contributed by atoms with van der Waals surface area (Å²) in [5.41, 5.74) is 3.26. The van der Waals surface area contributed by atoms with Crippen molar-refractivity contribution in [1.82, 2.24) is 9.88 Å². The number of hydrogen-bond acceptors (Lipinski definition) is 4. The van der Waals surface area contributed by atoms with Gasteiger partial charge in [0.05, 0.1) is 7.11 Å². The van der Waals surface area contributed by atoms with Crippen LogP contribution >= 0.6 is 0 Å². The van der Waals surface area contributed by atoms with E-state index in [-0.39, 0.29) is 17.2 Å². The molecule has 0 bridgehead atoms. The molecule has 1 aromatic heterocycles. The molecule has 1 aliphatic rings. The largest absolute Gasteiger partial charge is 0.506 e. The van der Waals surface area contributed by atoms with Crippen molar-refractivity contribution in [2.45, 2.75) is 45.4 Å². The molecule has 0 aliphatic carbocycles. The lowest BCUT2D eigenvalue weighted by Gasteiger charge is -2.20. The second-order valence-corrected chi connectivity index (χ2v) is 8.96. The zero-order valence-corrected chi connectivity index (χ0v) is 20.1. The molecule has 2 aromatic carbocycles. The van der Waals surface area contributed by atoms with Crippen LogP contribution in [-0.4, -0.2) is 41.1 Å². The van der Waals surface area contributed by atoms with E-state index in [0.29, 0.717) is 36.5 Å². The second-order valence-electron chi connectivity index (χ2n) is 8.96. The highest BCUT2D eigenvalue weighted by Gasteiger charge is 2.32. The Bertz CT molecular complexity index is 1230. The standard InChI is InChI=1S/C28H32N2O4/c1-4-5-11-23-24(22-16-21(34-3)13-12-18(22)2)26(31)25(27(32)29-23)28(33)30-15-14-20(17-30)19-9-7-6-8-10-19/h6-10,12-13,16,20H,4-5,11,14-15,17H2,1-3H3,(H2,29,31,32)/t20-/m1/s1. The van der Waals surface area contributed by atoms with Crippen molar-refractivity contribution in [3.63, 3.8) is 0 Å². The SMILES string of the molecule is CCCCc1[nH]c(=O)c(C(=O)N2CC[C@@H](c3ccccc3)C2)c(O)c1-c1cc(OC)ccc1C. The Morgan fingerprint density at radius 3 is 2.68 bits per heavy atom. The lowest BCUT2D eigenvalue weighted by molar-refractivity contribution is 0.0786. The summed E-state index contributed by atoms with van der Waals surface area (Å²) in [4.78, 5) is 31.2. The van der Waals surface area contributed by atoms with Crippen LogP contribution in [0.4, 0.5) is 0 Å². The first-order valence-corrected chi connectivity index (χ1v) is 11.9. The molecule has 6 nitrogen and oxygen atoms in total. The van der Waals surface area contributed by atoms with Crippen molar-refractivity contribution < 1.29 is 14.6 Å². The van der Waals surface area contributed by atoms with Gasteiger partial charge in [-0.3, -0.25) is 9.59 Å². The number of amides is 1. The number of aromatic hydroxyl groups is 1. The van der Waals surface area contributed by atoms with Gasteiger partial charge in [-0.05, 0) is 55.0 Å². The number of aryl methyl sites for hydroxylation is 2. The number of aromatic nitrogens is 1. The van der Waals surface area contributed by atoms with E-state index in [1.807, 2.05) is 43.3 Å². The van der Waals surface area contributed by atoms with E-state index in [1.165, 1.54) is 5.56 Å². The quantitative estimate of drug-likeness (QED) is 0.518. The number of nitrogens with zero attached hydrogens (tertiary/aromatic N) is 1. The average Bonchev–Trinajstić information content (AvgIpc) is 3.34. The molecule has 1 amide bonds. The Kier molecular flexibility index (Phi) is 7.06. The molecule has 6 heteroatoms. The predicted octanol–water partition coefficient (Wildman–Crippen LogP) is 5.04. The number of likely N-dealkylation sites (tertiary alicyclic amines) is 1. The van der Waals surface area contributed by atoms with Crippen LogP contribution in [0.1, 0.15) is 59.3 Å². The van der Waals surface area contributed by atoms with Crippen LogP contribution in [0.2, 0.25) is 0 Å². The molecule has 0 saturated carbocycles. The predicted molar refractivity (Wildman–Crippen MR) is 134 cm³/mol. The molecule has 34 heavy (non-hydrogen) atoms. The van der Waals surface area contributed by atoms with Gasteiger partial charge in [0.2, 0.25) is 0 Å². The number of hydrogen-bond donors (Lipinski definition) is 2. The number of unbranched alkanes of at least 4 members (excludes halogenated alkanes) is 1. The van der Waals surface area contributed by atoms with Gasteiger partial charge in [0.25, 0.3) is 11.5 Å². The fraction of sp³-hybridized carbons (Fsp3) is 0.357. The molecule has 2 heterocycles. The Hall–Kier alpha value is -3.54. The lowest BCUT2D eigenvalue weighted by Crippen LogP contribution is -2.33. The number of pyridine rings is 1. The van der Waals surface area contributed by atoms with E-state index >= 15 is 0 Å². The fourth-order valence-corrected chi connectivity index (χ4v) is 4.76. The summed E-state index contributed by atoms with van der Waals surface area (Å²) < 4.78 is 5.40. The number of H-pyrrole nitrogens is 1. The van der Waals surface area contributed by atoms with E-state index in [9.17, 15) is 14.7 Å². The zero-order valence-electron chi connectivity index (χ0n) is 20.1. The van der Waals surface area contributed by atoms with Crippen molar-refractivity contribution in [2.24, 2.45) is 0 Å². The topological polar surface area (TPSA) is 82.6 Å². The average molecular weight is 461 g/mol. The summed E-state index contributed by atoms with van der Waals surface area (Å²) in [6.45, 7) is 5.08. The van der Waals surface area contributed by atoms with Crippen molar-refractivity contribution in [1.29, 1.82) is 0 Å². The zero-order chi connectivity index (χ0) is 24.2. The van der Waals surface area contributed by atoms with Crippen LogP contribution in [0, 0.1) is 6.92 Å². The first kappa shape index (κ1) is 23.6. The maximum absolute atomic E-state index is 13.5. The Morgan fingerprint density at radius 2 is 1.97 bits per heavy atom. The summed E-state index contributed by atoms with van der Waals surface area (Å²) in [7, 11) is 1.59. The second kappa shape index (κ2) is 10.2. The molecule has 4 rings (SSSR count). The first-order valence-electron chi connectivity index (χ1n) is 11.9. The summed E-state index contributed by atoms with van der Waals surface area (Å²) in [5.74, 6) is 0.182. The third-order valence-corrected chi connectivity index (χ3v) is 6.72. The molecular weight excluding hydrogens is 428 g/mol. The van der Waals surface area contributed by atoms with Gasteiger partial charge in [-0.1, -0.05) is 49.7 Å².